The molecule has 1 aliphatic rings. The van der Waals surface area contributed by atoms with Crippen LogP contribution in [0.1, 0.15) is 12.5 Å². The number of rotatable bonds is 3. The Kier molecular flexibility index (Phi) is 4.23. The van der Waals surface area contributed by atoms with Crippen LogP contribution in [0.2, 0.25) is 0 Å². The van der Waals surface area contributed by atoms with Gasteiger partial charge in [0.25, 0.3) is 0 Å². The second kappa shape index (κ2) is 7.05. The molecule has 1 fully saturated rings. The lowest BCUT2D eigenvalue weighted by Gasteiger charge is -2.19. The van der Waals surface area contributed by atoms with Crippen LogP contribution in [0.3, 0.4) is 0 Å². The first-order chi connectivity index (χ1) is 14.2. The molecule has 2 amide bonds. The number of nitrogens with zero attached hydrogens (tertiary/aromatic N) is 4. The predicted octanol–water partition coefficient (Wildman–Crippen LogP) is 4.31. The quantitative estimate of drug-likeness (QED) is 0.565. The van der Waals surface area contributed by atoms with E-state index < -0.39 is 0 Å². The first-order valence-corrected chi connectivity index (χ1v) is 9.37. The molecule has 0 spiro atoms. The zero-order chi connectivity index (χ0) is 19.8. The molecule has 1 aromatic carbocycles. The van der Waals surface area contributed by atoms with Crippen molar-refractivity contribution >= 4 is 22.9 Å². The van der Waals surface area contributed by atoms with Gasteiger partial charge in [-0.25, -0.2) is 19.2 Å². The number of hydrogen-bond donors (Lipinski definition) is 1. The Balaban J connectivity index is 1.42. The number of aromatic nitrogens is 3. The van der Waals surface area contributed by atoms with Gasteiger partial charge in [-0.1, -0.05) is 6.07 Å². The van der Waals surface area contributed by atoms with Crippen molar-refractivity contribution in [1.29, 1.82) is 0 Å². The average Bonchev–Trinajstić information content (AvgIpc) is 3.46. The number of imidazole rings is 1. The van der Waals surface area contributed by atoms with E-state index in [4.69, 9.17) is 9.40 Å². The smallest absolute Gasteiger partial charge is 0.321 e. The fraction of sp³-hybridized carbons (Fsp3) is 0.190. The molecule has 7 nitrogen and oxygen atoms in total. The van der Waals surface area contributed by atoms with Gasteiger partial charge < -0.3 is 19.2 Å². The van der Waals surface area contributed by atoms with Crippen molar-refractivity contribution in [2.24, 2.45) is 0 Å². The second-order valence-corrected chi connectivity index (χ2v) is 6.96. The third-order valence-electron chi connectivity index (χ3n) is 5.08. The monoisotopic (exact) mass is 391 g/mol. The maximum atomic E-state index is 13.4. The van der Waals surface area contributed by atoms with Crippen LogP contribution in [0.4, 0.5) is 14.9 Å². The van der Waals surface area contributed by atoms with E-state index in [-0.39, 0.29) is 17.9 Å². The summed E-state index contributed by atoms with van der Waals surface area (Å²) in [7, 11) is 0. The summed E-state index contributed by atoms with van der Waals surface area (Å²) in [5.41, 5.74) is 1.97. The summed E-state index contributed by atoms with van der Waals surface area (Å²) in [6.45, 7) is 1.08. The number of benzene rings is 1. The number of amides is 2. The van der Waals surface area contributed by atoms with Crippen LogP contribution in [0, 0.1) is 5.82 Å². The van der Waals surface area contributed by atoms with Crippen LogP contribution < -0.4 is 5.32 Å². The number of fused-ring (bicyclic) bond motifs is 1. The average molecular weight is 391 g/mol. The Morgan fingerprint density at radius 3 is 2.97 bits per heavy atom. The van der Waals surface area contributed by atoms with Gasteiger partial charge in [0.15, 0.2) is 17.2 Å². The zero-order valence-corrected chi connectivity index (χ0v) is 15.5. The molecule has 0 aliphatic carbocycles. The molecule has 0 radical (unpaired) electrons. The van der Waals surface area contributed by atoms with Gasteiger partial charge >= 0.3 is 6.03 Å². The zero-order valence-electron chi connectivity index (χ0n) is 15.5. The fourth-order valence-corrected chi connectivity index (χ4v) is 3.76. The lowest BCUT2D eigenvalue weighted by atomic mass is 10.2. The largest absolute Gasteiger partial charge is 0.461 e. The molecule has 4 heterocycles. The molecule has 1 atom stereocenters. The highest BCUT2D eigenvalue weighted by atomic mass is 19.1. The predicted molar refractivity (Wildman–Crippen MR) is 106 cm³/mol. The van der Waals surface area contributed by atoms with Crippen LogP contribution in [0.25, 0.3) is 22.7 Å². The van der Waals surface area contributed by atoms with Crippen LogP contribution in [-0.4, -0.2) is 38.6 Å². The molecule has 4 aromatic rings. The number of carbonyl (C=O) groups is 1. The van der Waals surface area contributed by atoms with Gasteiger partial charge in [-0.15, -0.1) is 0 Å². The topological polar surface area (TPSA) is 76.2 Å². The highest BCUT2D eigenvalue weighted by molar-refractivity contribution is 5.89. The van der Waals surface area contributed by atoms with E-state index in [1.165, 1.54) is 12.1 Å². The van der Waals surface area contributed by atoms with E-state index in [9.17, 15) is 9.18 Å². The van der Waals surface area contributed by atoms with Crippen molar-refractivity contribution in [3.63, 3.8) is 0 Å². The van der Waals surface area contributed by atoms with Gasteiger partial charge in [0.1, 0.15) is 11.3 Å². The molecule has 146 valence electrons. The van der Waals surface area contributed by atoms with Gasteiger partial charge in [-0.05, 0) is 48.9 Å². The minimum absolute atomic E-state index is 0.00765. The number of halogens is 1. The van der Waals surface area contributed by atoms with Crippen LogP contribution in [0.5, 0.6) is 0 Å². The molecule has 3 aromatic heterocycles. The maximum Gasteiger partial charge on any atom is 0.321 e. The summed E-state index contributed by atoms with van der Waals surface area (Å²) in [5, 5.41) is 2.76. The van der Waals surface area contributed by atoms with Crippen LogP contribution >= 0.6 is 0 Å². The minimum atomic E-state index is -0.388. The lowest BCUT2D eigenvalue weighted by molar-refractivity contribution is 0.221. The first-order valence-electron chi connectivity index (χ1n) is 9.37. The van der Waals surface area contributed by atoms with E-state index in [1.54, 1.807) is 29.5 Å². The first kappa shape index (κ1) is 17.4. The Bertz CT molecular complexity index is 1170. The second-order valence-electron chi connectivity index (χ2n) is 6.96. The number of likely N-dealkylation sites (tertiary alicyclic amines) is 1. The van der Waals surface area contributed by atoms with Crippen LogP contribution in [-0.2, 0) is 0 Å². The summed E-state index contributed by atoms with van der Waals surface area (Å²) < 4.78 is 21.0. The summed E-state index contributed by atoms with van der Waals surface area (Å²) in [5.74, 6) is 0.966. The van der Waals surface area contributed by atoms with Crippen molar-refractivity contribution in [3.8, 4) is 11.6 Å². The van der Waals surface area contributed by atoms with Crippen molar-refractivity contribution in [3.05, 3.63) is 66.8 Å². The number of hydrogen-bond acceptors (Lipinski definition) is 4. The SMILES string of the molecule is O=C(Nc1cccc(F)c1)N1CC[C@@H](n2c(-c3ccco3)nc3cccnc32)C1. The van der Waals surface area contributed by atoms with E-state index in [2.05, 4.69) is 10.3 Å². The number of furan rings is 1. The van der Waals surface area contributed by atoms with E-state index in [0.717, 1.165) is 17.6 Å². The van der Waals surface area contributed by atoms with Crippen molar-refractivity contribution in [2.45, 2.75) is 12.5 Å². The molecule has 1 saturated heterocycles. The number of nitrogens with one attached hydrogen (secondary N) is 1. The van der Waals surface area contributed by atoms with Gasteiger partial charge in [0.2, 0.25) is 0 Å². The van der Waals surface area contributed by atoms with Crippen molar-refractivity contribution in [2.75, 3.05) is 18.4 Å². The van der Waals surface area contributed by atoms with E-state index in [1.807, 2.05) is 28.8 Å². The summed E-state index contributed by atoms with van der Waals surface area (Å²) in [4.78, 5) is 23.6. The molecule has 0 bridgehead atoms. The minimum Gasteiger partial charge on any atom is -0.461 e. The number of carbonyl (C=O) groups excluding carboxylic acids is 1. The molecule has 1 N–H and O–H groups in total. The lowest BCUT2D eigenvalue weighted by Crippen LogP contribution is -2.33. The highest BCUT2D eigenvalue weighted by Gasteiger charge is 2.31. The Labute approximate surface area is 165 Å². The summed E-state index contributed by atoms with van der Waals surface area (Å²) >= 11 is 0. The Morgan fingerprint density at radius 2 is 2.14 bits per heavy atom. The molecule has 8 heteroatoms. The molecular formula is C21H18FN5O2. The number of urea groups is 1. The fourth-order valence-electron chi connectivity index (χ4n) is 3.76. The molecule has 0 unspecified atom stereocenters. The summed E-state index contributed by atoms with van der Waals surface area (Å²) in [6, 6.07) is 13.1. The van der Waals surface area contributed by atoms with E-state index in [0.29, 0.717) is 30.4 Å². The molecule has 29 heavy (non-hydrogen) atoms. The normalized spacial score (nSPS) is 16.4. The van der Waals surface area contributed by atoms with Gasteiger partial charge in [0, 0.05) is 25.0 Å². The number of anilines is 1. The van der Waals surface area contributed by atoms with Gasteiger partial charge in [-0.2, -0.15) is 0 Å². The maximum absolute atomic E-state index is 13.4. The third-order valence-corrected chi connectivity index (χ3v) is 5.08. The molecule has 1 aliphatic heterocycles. The third kappa shape index (κ3) is 3.22. The molecule has 5 rings (SSSR count). The van der Waals surface area contributed by atoms with Crippen molar-refractivity contribution < 1.29 is 13.6 Å². The molecule has 0 saturated carbocycles. The van der Waals surface area contributed by atoms with Crippen molar-refractivity contribution in [1.82, 2.24) is 19.4 Å². The Morgan fingerprint density at radius 1 is 1.21 bits per heavy atom. The van der Waals surface area contributed by atoms with Crippen LogP contribution in [0.15, 0.2) is 65.4 Å². The summed E-state index contributed by atoms with van der Waals surface area (Å²) in [6.07, 6.45) is 4.10. The van der Waals surface area contributed by atoms with Gasteiger partial charge in [0.05, 0.1) is 12.3 Å². The van der Waals surface area contributed by atoms with Gasteiger partial charge in [-0.3, -0.25) is 0 Å². The van der Waals surface area contributed by atoms with E-state index >= 15 is 0 Å². The molecular weight excluding hydrogens is 373 g/mol. The standard InChI is InChI=1S/C21H18FN5O2/c22-14-4-1-5-15(12-14)24-21(28)26-10-8-16(13-26)27-19-17(6-2-9-23-19)25-20(27)18-7-3-11-29-18/h1-7,9,11-12,16H,8,10,13H2,(H,24,28)/t16-/m1/s1. The highest BCUT2D eigenvalue weighted by Crippen LogP contribution is 2.32. The Hall–Kier alpha value is -3.68. The number of pyridine rings is 1.